The molecule has 2 rings (SSSR count). The summed E-state index contributed by atoms with van der Waals surface area (Å²) in [4.78, 5) is 5.39. The number of piperazine rings is 1. The molecule has 2 heterocycles. The molecule has 0 amide bonds. The molecule has 112 valence electrons. The molecular formula is C16H33N3. The Labute approximate surface area is 119 Å². The average molecular weight is 267 g/mol. The van der Waals surface area contributed by atoms with Crippen molar-refractivity contribution in [3.8, 4) is 0 Å². The third kappa shape index (κ3) is 5.05. The quantitative estimate of drug-likeness (QED) is 0.844. The summed E-state index contributed by atoms with van der Waals surface area (Å²) in [6.45, 7) is 18.2. The molecule has 0 aromatic carbocycles. The molecule has 1 N–H and O–H groups in total. The smallest absolute Gasteiger partial charge is 0.0195 e. The van der Waals surface area contributed by atoms with Crippen LogP contribution in [0.1, 0.15) is 40.5 Å². The number of piperidine rings is 1. The first kappa shape index (κ1) is 15.3. The highest BCUT2D eigenvalue weighted by molar-refractivity contribution is 4.83. The van der Waals surface area contributed by atoms with Crippen LogP contribution in [-0.2, 0) is 0 Å². The van der Waals surface area contributed by atoms with E-state index in [-0.39, 0.29) is 0 Å². The summed E-state index contributed by atoms with van der Waals surface area (Å²) < 4.78 is 0. The lowest BCUT2D eigenvalue weighted by Gasteiger charge is -2.43. The summed E-state index contributed by atoms with van der Waals surface area (Å²) in [5.41, 5.74) is 0.428. The Morgan fingerprint density at radius 1 is 1.11 bits per heavy atom. The summed E-state index contributed by atoms with van der Waals surface area (Å²) in [6, 6.07) is 0.728. The van der Waals surface area contributed by atoms with Crippen LogP contribution in [0.5, 0.6) is 0 Å². The lowest BCUT2D eigenvalue weighted by Crippen LogP contribution is -2.54. The fourth-order valence-electron chi connectivity index (χ4n) is 3.55. The maximum Gasteiger partial charge on any atom is 0.0195 e. The van der Waals surface area contributed by atoms with E-state index in [1.54, 1.807) is 0 Å². The highest BCUT2D eigenvalue weighted by Crippen LogP contribution is 2.21. The summed E-state index contributed by atoms with van der Waals surface area (Å²) in [7, 11) is 0. The van der Waals surface area contributed by atoms with Gasteiger partial charge in [0.05, 0.1) is 0 Å². The van der Waals surface area contributed by atoms with Gasteiger partial charge in [0.25, 0.3) is 0 Å². The van der Waals surface area contributed by atoms with Gasteiger partial charge in [0.1, 0.15) is 0 Å². The van der Waals surface area contributed by atoms with Crippen LogP contribution in [-0.4, -0.2) is 61.7 Å². The van der Waals surface area contributed by atoms with Crippen LogP contribution < -0.4 is 5.32 Å². The van der Waals surface area contributed by atoms with Crippen molar-refractivity contribution in [3.05, 3.63) is 0 Å². The van der Waals surface area contributed by atoms with Crippen LogP contribution in [0.3, 0.4) is 0 Å². The van der Waals surface area contributed by atoms with Crippen LogP contribution in [0.15, 0.2) is 0 Å². The van der Waals surface area contributed by atoms with Gasteiger partial charge in [0.15, 0.2) is 0 Å². The van der Waals surface area contributed by atoms with Gasteiger partial charge in [-0.05, 0) is 44.2 Å². The molecular weight excluding hydrogens is 234 g/mol. The second-order valence-electron chi connectivity index (χ2n) is 7.83. The fraction of sp³-hybridized carbons (Fsp3) is 1.00. The van der Waals surface area contributed by atoms with E-state index in [9.17, 15) is 0 Å². The van der Waals surface area contributed by atoms with E-state index in [2.05, 4.69) is 42.8 Å². The van der Waals surface area contributed by atoms with Gasteiger partial charge < -0.3 is 10.2 Å². The average Bonchev–Trinajstić information content (AvgIpc) is 2.32. The molecule has 2 fully saturated rings. The first-order valence-corrected chi connectivity index (χ1v) is 8.11. The molecule has 0 radical (unpaired) electrons. The Bertz CT molecular complexity index is 266. The summed E-state index contributed by atoms with van der Waals surface area (Å²) in [5.74, 6) is 0.929. The number of nitrogens with one attached hydrogen (secondary N) is 1. The van der Waals surface area contributed by atoms with Crippen LogP contribution in [0, 0.1) is 11.3 Å². The standard InChI is InChI=1S/C16H33N3/c1-14-11-18(13-16(2,3)4)9-10-19(14)12-15-5-7-17-8-6-15/h14-15,17H,5-13H2,1-4H3/t14-/m1/s1. The predicted molar refractivity (Wildman–Crippen MR) is 82.5 cm³/mol. The van der Waals surface area contributed by atoms with Crippen molar-refractivity contribution in [1.82, 2.24) is 15.1 Å². The minimum Gasteiger partial charge on any atom is -0.317 e. The van der Waals surface area contributed by atoms with E-state index in [1.807, 2.05) is 0 Å². The zero-order valence-electron chi connectivity index (χ0n) is 13.4. The number of hydrogen-bond donors (Lipinski definition) is 1. The molecule has 3 heteroatoms. The molecule has 2 aliphatic rings. The number of rotatable bonds is 3. The summed E-state index contributed by atoms with van der Waals surface area (Å²) >= 11 is 0. The Morgan fingerprint density at radius 2 is 1.79 bits per heavy atom. The SMILES string of the molecule is C[C@@H]1CN(CC(C)(C)C)CCN1CC1CCNCC1. The molecule has 0 spiro atoms. The minimum atomic E-state index is 0.428. The first-order chi connectivity index (χ1) is 8.94. The van der Waals surface area contributed by atoms with Crippen LogP contribution in [0.25, 0.3) is 0 Å². The number of hydrogen-bond acceptors (Lipinski definition) is 3. The molecule has 19 heavy (non-hydrogen) atoms. The van der Waals surface area contributed by atoms with E-state index in [1.165, 1.54) is 58.7 Å². The molecule has 1 atom stereocenters. The highest BCUT2D eigenvalue weighted by Gasteiger charge is 2.28. The van der Waals surface area contributed by atoms with Gasteiger partial charge in [-0.15, -0.1) is 0 Å². The largest absolute Gasteiger partial charge is 0.317 e. The van der Waals surface area contributed by atoms with E-state index in [0.717, 1.165) is 12.0 Å². The molecule has 3 nitrogen and oxygen atoms in total. The molecule has 0 saturated carbocycles. The van der Waals surface area contributed by atoms with Gasteiger partial charge in [-0.1, -0.05) is 20.8 Å². The molecule has 0 aliphatic carbocycles. The van der Waals surface area contributed by atoms with Crippen molar-refractivity contribution in [2.75, 3.05) is 45.8 Å². The van der Waals surface area contributed by atoms with Gasteiger partial charge in [-0.25, -0.2) is 0 Å². The maximum atomic E-state index is 3.47. The van der Waals surface area contributed by atoms with E-state index in [4.69, 9.17) is 0 Å². The van der Waals surface area contributed by atoms with Crippen molar-refractivity contribution in [1.29, 1.82) is 0 Å². The first-order valence-electron chi connectivity index (χ1n) is 8.11. The molecule has 0 bridgehead atoms. The topological polar surface area (TPSA) is 18.5 Å². The van der Waals surface area contributed by atoms with Crippen molar-refractivity contribution >= 4 is 0 Å². The van der Waals surface area contributed by atoms with Gasteiger partial charge in [0, 0.05) is 38.8 Å². The van der Waals surface area contributed by atoms with Crippen LogP contribution >= 0.6 is 0 Å². The predicted octanol–water partition coefficient (Wildman–Crippen LogP) is 2.04. The van der Waals surface area contributed by atoms with Gasteiger partial charge in [-0.3, -0.25) is 4.90 Å². The normalized spacial score (nSPS) is 28.7. The Balaban J connectivity index is 1.76. The molecule has 0 unspecified atom stereocenters. The second-order valence-corrected chi connectivity index (χ2v) is 7.83. The monoisotopic (exact) mass is 267 g/mol. The fourth-order valence-corrected chi connectivity index (χ4v) is 3.55. The third-order valence-electron chi connectivity index (χ3n) is 4.50. The van der Waals surface area contributed by atoms with Gasteiger partial charge in [0.2, 0.25) is 0 Å². The lowest BCUT2D eigenvalue weighted by molar-refractivity contribution is 0.0490. The van der Waals surface area contributed by atoms with E-state index < -0.39 is 0 Å². The summed E-state index contributed by atoms with van der Waals surface area (Å²) in [5, 5.41) is 3.47. The Hall–Kier alpha value is -0.120. The molecule has 2 aliphatic heterocycles. The van der Waals surface area contributed by atoms with E-state index >= 15 is 0 Å². The van der Waals surface area contributed by atoms with Crippen LogP contribution in [0.4, 0.5) is 0 Å². The van der Waals surface area contributed by atoms with Crippen molar-refractivity contribution < 1.29 is 0 Å². The minimum absolute atomic E-state index is 0.428. The molecule has 2 saturated heterocycles. The highest BCUT2D eigenvalue weighted by atomic mass is 15.3. The Kier molecular flexibility index (Phi) is 5.27. The van der Waals surface area contributed by atoms with E-state index in [0.29, 0.717) is 5.41 Å². The summed E-state index contributed by atoms with van der Waals surface area (Å²) in [6.07, 6.45) is 2.74. The zero-order valence-corrected chi connectivity index (χ0v) is 13.4. The third-order valence-corrected chi connectivity index (χ3v) is 4.50. The Morgan fingerprint density at radius 3 is 2.37 bits per heavy atom. The molecule has 0 aromatic heterocycles. The van der Waals surface area contributed by atoms with Gasteiger partial charge in [-0.2, -0.15) is 0 Å². The second kappa shape index (κ2) is 6.55. The lowest BCUT2D eigenvalue weighted by atomic mass is 9.94. The van der Waals surface area contributed by atoms with Gasteiger partial charge >= 0.3 is 0 Å². The number of nitrogens with zero attached hydrogens (tertiary/aromatic N) is 2. The van der Waals surface area contributed by atoms with Crippen LogP contribution in [0.2, 0.25) is 0 Å². The van der Waals surface area contributed by atoms with Crippen molar-refractivity contribution in [2.45, 2.75) is 46.6 Å². The molecule has 0 aromatic rings. The van der Waals surface area contributed by atoms with Crippen molar-refractivity contribution in [2.24, 2.45) is 11.3 Å². The zero-order chi connectivity index (χ0) is 13.9. The van der Waals surface area contributed by atoms with Crippen molar-refractivity contribution in [3.63, 3.8) is 0 Å². The maximum absolute atomic E-state index is 3.47.